The third kappa shape index (κ3) is 4.26. The molecule has 0 aliphatic carbocycles. The van der Waals surface area contributed by atoms with Crippen molar-refractivity contribution in [1.29, 1.82) is 0 Å². The molecule has 1 saturated heterocycles. The van der Waals surface area contributed by atoms with Crippen molar-refractivity contribution in [3.05, 3.63) is 92.3 Å². The van der Waals surface area contributed by atoms with Crippen LogP contribution in [0.25, 0.3) is 17.4 Å². The predicted molar refractivity (Wildman–Crippen MR) is 113 cm³/mol. The normalized spacial score (nSPS) is 15.2. The van der Waals surface area contributed by atoms with E-state index in [-0.39, 0.29) is 17.1 Å². The van der Waals surface area contributed by atoms with E-state index in [9.17, 15) is 24.1 Å². The number of amides is 2. The number of hydrogen-bond acceptors (Lipinski definition) is 6. The van der Waals surface area contributed by atoms with Crippen molar-refractivity contribution >= 4 is 34.7 Å². The van der Waals surface area contributed by atoms with E-state index in [2.05, 4.69) is 0 Å². The smallest absolute Gasteiger partial charge is 0.293 e. The van der Waals surface area contributed by atoms with Gasteiger partial charge in [0.25, 0.3) is 16.8 Å². The molecule has 0 bridgehead atoms. The van der Waals surface area contributed by atoms with Crippen LogP contribution in [0.1, 0.15) is 16.9 Å². The molecule has 0 N–H and O–H groups in total. The third-order valence-corrected chi connectivity index (χ3v) is 5.61. The van der Waals surface area contributed by atoms with Crippen LogP contribution in [0.3, 0.4) is 0 Å². The summed E-state index contributed by atoms with van der Waals surface area (Å²) in [4.78, 5) is 36.8. The Labute approximate surface area is 180 Å². The Morgan fingerprint density at radius 1 is 1.13 bits per heavy atom. The van der Waals surface area contributed by atoms with Crippen molar-refractivity contribution in [2.24, 2.45) is 0 Å². The highest BCUT2D eigenvalue weighted by atomic mass is 32.2. The van der Waals surface area contributed by atoms with E-state index in [1.165, 1.54) is 36.4 Å². The largest absolute Gasteiger partial charge is 0.457 e. The topological polar surface area (TPSA) is 93.7 Å². The van der Waals surface area contributed by atoms with E-state index >= 15 is 0 Å². The van der Waals surface area contributed by atoms with Gasteiger partial charge in [-0.05, 0) is 60.6 Å². The van der Waals surface area contributed by atoms with Gasteiger partial charge in [-0.3, -0.25) is 24.6 Å². The third-order valence-electron chi connectivity index (χ3n) is 4.71. The zero-order valence-electron chi connectivity index (χ0n) is 16.2. The van der Waals surface area contributed by atoms with Crippen molar-refractivity contribution in [3.8, 4) is 11.3 Å². The average molecular weight is 438 g/mol. The number of thioether (sulfide) groups is 1. The highest BCUT2D eigenvalue weighted by Gasteiger charge is 2.35. The lowest BCUT2D eigenvalue weighted by molar-refractivity contribution is -0.385. The van der Waals surface area contributed by atoms with Gasteiger partial charge in [-0.25, -0.2) is 4.39 Å². The first-order chi connectivity index (χ1) is 14.8. The summed E-state index contributed by atoms with van der Waals surface area (Å²) in [7, 11) is 0. The molecule has 1 fully saturated rings. The molecule has 0 radical (unpaired) electrons. The lowest BCUT2D eigenvalue weighted by Gasteiger charge is -2.12. The molecule has 3 aromatic rings. The lowest BCUT2D eigenvalue weighted by atomic mass is 10.1. The molecule has 0 unspecified atom stereocenters. The van der Waals surface area contributed by atoms with Crippen LogP contribution in [0.15, 0.2) is 63.9 Å². The molecular weight excluding hydrogens is 423 g/mol. The molecule has 1 aromatic heterocycles. The summed E-state index contributed by atoms with van der Waals surface area (Å²) in [6.45, 7) is 1.69. The number of rotatable bonds is 5. The molecule has 2 heterocycles. The van der Waals surface area contributed by atoms with Crippen molar-refractivity contribution in [3.63, 3.8) is 0 Å². The molecule has 0 spiro atoms. The molecule has 156 valence electrons. The van der Waals surface area contributed by atoms with Gasteiger partial charge in [0.2, 0.25) is 0 Å². The second-order valence-electron chi connectivity index (χ2n) is 6.85. The summed E-state index contributed by atoms with van der Waals surface area (Å²) in [5.41, 5.74) is 1.82. The van der Waals surface area contributed by atoms with Gasteiger partial charge >= 0.3 is 0 Å². The van der Waals surface area contributed by atoms with Gasteiger partial charge in [-0.1, -0.05) is 12.1 Å². The van der Waals surface area contributed by atoms with Crippen LogP contribution in [-0.2, 0) is 11.3 Å². The molecule has 2 amide bonds. The van der Waals surface area contributed by atoms with E-state index in [0.29, 0.717) is 28.2 Å². The summed E-state index contributed by atoms with van der Waals surface area (Å²) >= 11 is 0.801. The first-order valence-corrected chi connectivity index (χ1v) is 9.98. The number of imide groups is 1. The van der Waals surface area contributed by atoms with Crippen molar-refractivity contribution < 1.29 is 23.3 Å². The summed E-state index contributed by atoms with van der Waals surface area (Å²) in [6.07, 6.45) is 1.48. The van der Waals surface area contributed by atoms with E-state index in [1.807, 2.05) is 0 Å². The fraction of sp³-hybridized carbons (Fsp3) is 0.0909. The molecule has 4 rings (SSSR count). The minimum atomic E-state index is -0.455. The molecule has 0 saturated carbocycles. The van der Waals surface area contributed by atoms with E-state index in [1.54, 1.807) is 31.2 Å². The second-order valence-corrected chi connectivity index (χ2v) is 7.85. The molecule has 7 nitrogen and oxygen atoms in total. The number of furan rings is 1. The Morgan fingerprint density at radius 3 is 2.55 bits per heavy atom. The number of nitro benzene ring substituents is 1. The molecule has 0 atom stereocenters. The number of halogens is 1. The molecular formula is C22H15FN2O5S. The number of hydrogen-bond donors (Lipinski definition) is 0. The lowest BCUT2D eigenvalue weighted by Crippen LogP contribution is -2.27. The summed E-state index contributed by atoms with van der Waals surface area (Å²) in [6, 6.07) is 13.6. The van der Waals surface area contributed by atoms with Crippen LogP contribution in [0.2, 0.25) is 0 Å². The van der Waals surface area contributed by atoms with Gasteiger partial charge in [0.15, 0.2) is 0 Å². The Balaban J connectivity index is 1.53. The van der Waals surface area contributed by atoms with E-state index in [0.717, 1.165) is 16.7 Å². The predicted octanol–water partition coefficient (Wildman–Crippen LogP) is 5.54. The van der Waals surface area contributed by atoms with Gasteiger partial charge in [0.1, 0.15) is 17.3 Å². The minimum absolute atomic E-state index is 0.0189. The second kappa shape index (κ2) is 8.19. The van der Waals surface area contributed by atoms with Crippen LogP contribution < -0.4 is 0 Å². The van der Waals surface area contributed by atoms with Crippen LogP contribution in [0, 0.1) is 22.9 Å². The standard InChI is InChI=1S/C22H15FN2O5S/c1-13-10-15(4-8-18(13)25(28)29)19-9-7-17(30-19)11-20-21(26)24(22(27)31-20)12-14-2-5-16(23)6-3-14/h2-11H,12H2,1H3/b20-11-. The monoisotopic (exact) mass is 438 g/mol. The Hall–Kier alpha value is -3.72. The number of nitrogens with zero attached hydrogens (tertiary/aromatic N) is 2. The van der Waals surface area contributed by atoms with E-state index in [4.69, 9.17) is 4.42 Å². The van der Waals surface area contributed by atoms with Crippen LogP contribution in [0.5, 0.6) is 0 Å². The average Bonchev–Trinajstić information content (AvgIpc) is 3.29. The van der Waals surface area contributed by atoms with Gasteiger partial charge in [0.05, 0.1) is 16.4 Å². The number of carbonyl (C=O) groups excluding carboxylic acids is 2. The minimum Gasteiger partial charge on any atom is -0.457 e. The zero-order valence-corrected chi connectivity index (χ0v) is 17.0. The maximum absolute atomic E-state index is 13.1. The van der Waals surface area contributed by atoms with E-state index < -0.39 is 21.9 Å². The summed E-state index contributed by atoms with van der Waals surface area (Å²) in [5.74, 6) is 0.00570. The molecule has 2 aromatic carbocycles. The van der Waals surface area contributed by atoms with Crippen LogP contribution >= 0.6 is 11.8 Å². The van der Waals surface area contributed by atoms with Gasteiger partial charge in [0, 0.05) is 23.3 Å². The van der Waals surface area contributed by atoms with Gasteiger partial charge in [-0.2, -0.15) is 0 Å². The molecule has 9 heteroatoms. The molecule has 1 aliphatic rings. The highest BCUT2D eigenvalue weighted by molar-refractivity contribution is 8.18. The number of aryl methyl sites for hydroxylation is 1. The number of carbonyl (C=O) groups is 2. The van der Waals surface area contributed by atoms with Crippen molar-refractivity contribution in [1.82, 2.24) is 4.90 Å². The Morgan fingerprint density at radius 2 is 1.87 bits per heavy atom. The van der Waals surface area contributed by atoms with Crippen LogP contribution in [-0.4, -0.2) is 21.0 Å². The van der Waals surface area contributed by atoms with Crippen molar-refractivity contribution in [2.45, 2.75) is 13.5 Å². The van der Waals surface area contributed by atoms with Gasteiger partial charge < -0.3 is 4.42 Å². The summed E-state index contributed by atoms with van der Waals surface area (Å²) in [5, 5.41) is 10.6. The maximum atomic E-state index is 13.1. The SMILES string of the molecule is Cc1cc(-c2ccc(/C=C3\SC(=O)N(Cc4ccc(F)cc4)C3=O)o2)ccc1[N+](=O)[O-]. The highest BCUT2D eigenvalue weighted by Crippen LogP contribution is 2.34. The first-order valence-electron chi connectivity index (χ1n) is 9.17. The number of benzene rings is 2. The van der Waals surface area contributed by atoms with Gasteiger partial charge in [-0.15, -0.1) is 0 Å². The quantitative estimate of drug-likeness (QED) is 0.295. The fourth-order valence-electron chi connectivity index (χ4n) is 3.14. The fourth-order valence-corrected chi connectivity index (χ4v) is 3.96. The van der Waals surface area contributed by atoms with Crippen LogP contribution in [0.4, 0.5) is 14.9 Å². The molecule has 31 heavy (non-hydrogen) atoms. The first kappa shape index (κ1) is 20.5. The zero-order chi connectivity index (χ0) is 22.1. The number of nitro groups is 1. The Kier molecular flexibility index (Phi) is 5.43. The molecule has 1 aliphatic heterocycles. The van der Waals surface area contributed by atoms with Crippen molar-refractivity contribution in [2.75, 3.05) is 0 Å². The maximum Gasteiger partial charge on any atom is 0.293 e. The summed E-state index contributed by atoms with van der Waals surface area (Å²) < 4.78 is 18.8. The Bertz CT molecular complexity index is 1230.